The Balaban J connectivity index is 2.26. The summed E-state index contributed by atoms with van der Waals surface area (Å²) < 4.78 is 23.8. The molecule has 0 saturated heterocycles. The second kappa shape index (κ2) is 3.47. The quantitative estimate of drug-likeness (QED) is 0.756. The van der Waals surface area contributed by atoms with Crippen molar-refractivity contribution in [2.75, 3.05) is 0 Å². The fourth-order valence-electron chi connectivity index (χ4n) is 1.36. The summed E-state index contributed by atoms with van der Waals surface area (Å²) in [6.45, 7) is 0. The van der Waals surface area contributed by atoms with Crippen LogP contribution in [-0.2, 0) is 11.4 Å². The van der Waals surface area contributed by atoms with Crippen molar-refractivity contribution in [2.24, 2.45) is 0 Å². The molecule has 0 aliphatic heterocycles. The third-order valence-corrected chi connectivity index (χ3v) is 2.42. The van der Waals surface area contributed by atoms with Gasteiger partial charge in [-0.05, 0) is 30.4 Å². The van der Waals surface area contributed by atoms with Crippen molar-refractivity contribution in [3.63, 3.8) is 0 Å². The van der Waals surface area contributed by atoms with Gasteiger partial charge in [0, 0.05) is 0 Å². The van der Waals surface area contributed by atoms with Crippen LogP contribution in [0.25, 0.3) is 0 Å². The lowest BCUT2D eigenvalue weighted by molar-refractivity contribution is 0.455. The first-order valence-electron chi connectivity index (χ1n) is 4.15. The molecule has 1 fully saturated rings. The molecule has 1 aliphatic rings. The molecular weight excluding hydrogens is 188 g/mol. The first-order valence-corrected chi connectivity index (χ1v) is 5.18. The highest BCUT2D eigenvalue weighted by atomic mass is 32.2. The topological polar surface area (TPSA) is 46.5 Å². The Morgan fingerprint density at radius 3 is 2.69 bits per heavy atom. The zero-order chi connectivity index (χ0) is 9.26. The maximum Gasteiger partial charge on any atom is 0.357 e. The normalized spacial score (nSPS) is 18.2. The van der Waals surface area contributed by atoms with Gasteiger partial charge in [0.2, 0.25) is 0 Å². The molecule has 1 aromatic carbocycles. The fraction of sp³-hybridized carbons (Fsp3) is 0.333. The highest BCUT2D eigenvalue weighted by molar-refractivity contribution is 7.74. The highest BCUT2D eigenvalue weighted by Crippen LogP contribution is 2.44. The minimum absolute atomic E-state index is 0.528. The van der Waals surface area contributed by atoms with Crippen LogP contribution in [0.5, 0.6) is 5.75 Å². The van der Waals surface area contributed by atoms with E-state index in [1.54, 1.807) is 12.1 Å². The molecule has 0 radical (unpaired) electrons. The first-order chi connectivity index (χ1) is 6.27. The molecule has 1 saturated carbocycles. The minimum atomic E-state index is -2.22. The average Bonchev–Trinajstić information content (AvgIpc) is 2.87. The third kappa shape index (κ3) is 2.08. The van der Waals surface area contributed by atoms with Gasteiger partial charge in [-0.25, -0.2) is 0 Å². The van der Waals surface area contributed by atoms with E-state index in [4.69, 9.17) is 8.74 Å². The van der Waals surface area contributed by atoms with Crippen molar-refractivity contribution < 1.29 is 12.9 Å². The van der Waals surface area contributed by atoms with Crippen molar-refractivity contribution >= 4 is 11.4 Å². The summed E-state index contributed by atoms with van der Waals surface area (Å²) in [6, 6.07) is 7.39. The Kier molecular flexibility index (Phi) is 2.33. The molecule has 2 rings (SSSR count). The number of para-hydroxylation sites is 1. The molecule has 70 valence electrons. The van der Waals surface area contributed by atoms with Crippen molar-refractivity contribution in [1.29, 1.82) is 0 Å². The zero-order valence-electron chi connectivity index (χ0n) is 6.97. The molecule has 13 heavy (non-hydrogen) atoms. The summed E-state index contributed by atoms with van der Waals surface area (Å²) in [4.78, 5) is 0. The first kappa shape index (κ1) is 8.72. The molecule has 1 atom stereocenters. The molecule has 0 aromatic heterocycles. The smallest absolute Gasteiger partial charge is 0.357 e. The summed E-state index contributed by atoms with van der Waals surface area (Å²) in [6.07, 6.45) is 2.30. The molecule has 3 nitrogen and oxygen atoms in total. The Morgan fingerprint density at radius 2 is 2.08 bits per heavy atom. The highest BCUT2D eigenvalue weighted by Gasteiger charge is 2.26. The van der Waals surface area contributed by atoms with Gasteiger partial charge in [-0.15, -0.1) is 0 Å². The Labute approximate surface area is 79.2 Å². The van der Waals surface area contributed by atoms with E-state index in [0.717, 1.165) is 18.4 Å². The van der Waals surface area contributed by atoms with Gasteiger partial charge in [-0.3, -0.25) is 4.55 Å². The molecule has 0 spiro atoms. The van der Waals surface area contributed by atoms with Crippen LogP contribution in [0, 0.1) is 0 Å². The number of benzene rings is 1. The second-order valence-electron chi connectivity index (χ2n) is 3.11. The van der Waals surface area contributed by atoms with Gasteiger partial charge < -0.3 is 4.18 Å². The van der Waals surface area contributed by atoms with Gasteiger partial charge in [0.15, 0.2) is 0 Å². The van der Waals surface area contributed by atoms with Gasteiger partial charge in [0.1, 0.15) is 5.75 Å². The lowest BCUT2D eigenvalue weighted by atomic mass is 10.1. The summed E-state index contributed by atoms with van der Waals surface area (Å²) >= 11 is -2.22. The Bertz CT molecular complexity index is 333. The zero-order valence-corrected chi connectivity index (χ0v) is 7.79. The third-order valence-electron chi connectivity index (χ3n) is 2.10. The van der Waals surface area contributed by atoms with E-state index in [1.807, 2.05) is 12.1 Å². The standard InChI is InChI=1S/C9H10O3S/c10-13(11)12-9-4-2-1-3-8(9)7-5-6-7/h1-4,7H,5-6H2,(H,10,11). The van der Waals surface area contributed by atoms with Crippen LogP contribution in [0.15, 0.2) is 24.3 Å². The monoisotopic (exact) mass is 198 g/mol. The van der Waals surface area contributed by atoms with Crippen molar-refractivity contribution in [1.82, 2.24) is 0 Å². The largest absolute Gasteiger partial charge is 0.380 e. The van der Waals surface area contributed by atoms with Crippen LogP contribution in [0.2, 0.25) is 0 Å². The maximum atomic E-state index is 10.5. The van der Waals surface area contributed by atoms with E-state index in [1.165, 1.54) is 0 Å². The number of rotatable bonds is 3. The van der Waals surface area contributed by atoms with Gasteiger partial charge in [0.05, 0.1) is 0 Å². The molecule has 4 heteroatoms. The van der Waals surface area contributed by atoms with E-state index >= 15 is 0 Å². The number of hydrogen-bond donors (Lipinski definition) is 1. The van der Waals surface area contributed by atoms with Crippen LogP contribution < -0.4 is 4.18 Å². The fourth-order valence-corrected chi connectivity index (χ4v) is 1.67. The van der Waals surface area contributed by atoms with E-state index < -0.39 is 11.4 Å². The Morgan fingerprint density at radius 1 is 1.38 bits per heavy atom. The Hall–Kier alpha value is -0.870. The van der Waals surface area contributed by atoms with Crippen molar-refractivity contribution in [3.8, 4) is 5.75 Å². The number of hydrogen-bond acceptors (Lipinski definition) is 2. The van der Waals surface area contributed by atoms with E-state index in [2.05, 4.69) is 0 Å². The minimum Gasteiger partial charge on any atom is -0.380 e. The summed E-state index contributed by atoms with van der Waals surface area (Å²) in [5.74, 6) is 1.06. The van der Waals surface area contributed by atoms with E-state index in [-0.39, 0.29) is 0 Å². The van der Waals surface area contributed by atoms with Crippen LogP contribution in [-0.4, -0.2) is 8.76 Å². The molecular formula is C9H10O3S. The van der Waals surface area contributed by atoms with E-state index in [0.29, 0.717) is 11.7 Å². The SMILES string of the molecule is O=S(O)Oc1ccccc1C1CC1. The predicted molar refractivity (Wildman–Crippen MR) is 49.8 cm³/mol. The maximum absolute atomic E-state index is 10.5. The predicted octanol–water partition coefficient (Wildman–Crippen LogP) is 2.08. The second-order valence-corrected chi connectivity index (χ2v) is 3.71. The van der Waals surface area contributed by atoms with Crippen molar-refractivity contribution in [3.05, 3.63) is 29.8 Å². The van der Waals surface area contributed by atoms with Crippen LogP contribution >= 0.6 is 0 Å². The van der Waals surface area contributed by atoms with E-state index in [9.17, 15) is 4.21 Å². The summed E-state index contributed by atoms with van der Waals surface area (Å²) in [5.41, 5.74) is 1.05. The summed E-state index contributed by atoms with van der Waals surface area (Å²) in [7, 11) is 0. The molecule has 0 amide bonds. The van der Waals surface area contributed by atoms with Crippen molar-refractivity contribution in [2.45, 2.75) is 18.8 Å². The van der Waals surface area contributed by atoms with Crippen LogP contribution in [0.1, 0.15) is 24.3 Å². The molecule has 1 unspecified atom stereocenters. The molecule has 1 N–H and O–H groups in total. The van der Waals surface area contributed by atoms with Gasteiger partial charge in [-0.2, -0.15) is 4.21 Å². The van der Waals surface area contributed by atoms with Gasteiger partial charge in [-0.1, -0.05) is 18.2 Å². The lowest BCUT2D eigenvalue weighted by Crippen LogP contribution is -1.99. The molecule has 0 heterocycles. The lowest BCUT2D eigenvalue weighted by Gasteiger charge is -2.05. The van der Waals surface area contributed by atoms with Crippen LogP contribution in [0.3, 0.4) is 0 Å². The molecule has 0 bridgehead atoms. The molecule has 1 aromatic rings. The molecule has 1 aliphatic carbocycles. The van der Waals surface area contributed by atoms with Gasteiger partial charge >= 0.3 is 11.4 Å². The van der Waals surface area contributed by atoms with Crippen LogP contribution in [0.4, 0.5) is 0 Å². The average molecular weight is 198 g/mol. The summed E-state index contributed by atoms with van der Waals surface area (Å²) in [5, 5.41) is 0. The van der Waals surface area contributed by atoms with Gasteiger partial charge in [0.25, 0.3) is 0 Å².